The molecule has 296 valence electrons. The van der Waals surface area contributed by atoms with Gasteiger partial charge < -0.3 is 20.2 Å². The van der Waals surface area contributed by atoms with Crippen molar-refractivity contribution in [3.63, 3.8) is 0 Å². The maximum Gasteiger partial charge on any atom is 0.290 e. The van der Waals surface area contributed by atoms with Gasteiger partial charge in [-0.1, -0.05) is 220 Å². The molecule has 0 bridgehead atoms. The first-order valence-electron chi connectivity index (χ1n) is 21.7. The highest BCUT2D eigenvalue weighted by Crippen LogP contribution is 2.25. The van der Waals surface area contributed by atoms with Gasteiger partial charge in [0.25, 0.3) is 6.47 Å². The number of aliphatic hydroxyl groups excluding tert-OH is 2. The largest absolute Gasteiger partial charge is 0.516 e. The molecule has 0 aromatic rings. The number of hydrogen-bond donors (Lipinski definition) is 3. The van der Waals surface area contributed by atoms with Gasteiger partial charge in [0.15, 0.2) is 0 Å². The van der Waals surface area contributed by atoms with Gasteiger partial charge in [-0.25, -0.2) is 0 Å². The molecule has 1 unspecified atom stereocenters. The van der Waals surface area contributed by atoms with E-state index in [1.807, 2.05) is 0 Å². The summed E-state index contributed by atoms with van der Waals surface area (Å²) >= 11 is 0. The van der Waals surface area contributed by atoms with Gasteiger partial charge in [-0.15, -0.1) is 0 Å². The summed E-state index contributed by atoms with van der Waals surface area (Å²) in [5, 5.41) is 23.8. The minimum Gasteiger partial charge on any atom is -0.516 e. The Labute approximate surface area is 308 Å². The van der Waals surface area contributed by atoms with Crippen LogP contribution in [0, 0.1) is 11.8 Å². The van der Waals surface area contributed by atoms with Crippen LogP contribution in [-0.4, -0.2) is 52.9 Å². The van der Waals surface area contributed by atoms with E-state index in [-0.39, 0.29) is 6.47 Å². The molecule has 5 nitrogen and oxygen atoms in total. The Morgan fingerprint density at radius 1 is 0.490 bits per heavy atom. The lowest BCUT2D eigenvalue weighted by Gasteiger charge is -2.23. The number of unbranched alkanes of at least 4 members (excludes halogenated alkanes) is 22. The lowest BCUT2D eigenvalue weighted by atomic mass is 9.89. The van der Waals surface area contributed by atoms with Crippen molar-refractivity contribution in [1.82, 2.24) is 4.90 Å². The molecule has 0 aliphatic carbocycles. The van der Waals surface area contributed by atoms with E-state index < -0.39 is 0 Å². The van der Waals surface area contributed by atoms with Gasteiger partial charge in [-0.3, -0.25) is 4.79 Å². The molecule has 0 heterocycles. The maximum atomic E-state index is 9.61. The Bertz CT molecular complexity index is 565. The molecular weight excluding hydrogens is 606 g/mol. The molecule has 0 aliphatic rings. The van der Waals surface area contributed by atoms with Crippen molar-refractivity contribution in [2.24, 2.45) is 11.8 Å². The van der Waals surface area contributed by atoms with Crippen molar-refractivity contribution in [2.75, 3.05) is 26.2 Å². The third-order valence-electron chi connectivity index (χ3n) is 10.2. The van der Waals surface area contributed by atoms with E-state index >= 15 is 0 Å². The third kappa shape index (κ3) is 49.1. The first kappa shape index (κ1) is 52.3. The fourth-order valence-corrected chi connectivity index (χ4v) is 6.99. The van der Waals surface area contributed by atoms with Gasteiger partial charge in [-0.2, -0.15) is 0 Å². The van der Waals surface area contributed by atoms with Gasteiger partial charge in [0, 0.05) is 6.54 Å². The highest BCUT2D eigenvalue weighted by molar-refractivity contribution is 5.32. The summed E-state index contributed by atoms with van der Waals surface area (Å²) in [6, 6.07) is 0. The van der Waals surface area contributed by atoms with Crippen molar-refractivity contribution in [1.29, 1.82) is 0 Å². The van der Waals surface area contributed by atoms with Crippen molar-refractivity contribution < 1.29 is 20.1 Å². The van der Waals surface area contributed by atoms with Gasteiger partial charge in [0.2, 0.25) is 0 Å². The predicted molar refractivity (Wildman–Crippen MR) is 218 cm³/mol. The van der Waals surface area contributed by atoms with Crippen LogP contribution < -0.4 is 0 Å². The quantitative estimate of drug-likeness (QED) is 0.0342. The SMILES string of the molecule is C=CO.CCCCCCCCCCCC(C)CCN(CCO)CCCCCCCC(CCCCCCCC)CCCCCCCC.O=CO. The topological polar surface area (TPSA) is 81.0 Å². The number of aliphatic hydroxyl groups is 2. The first-order valence-corrected chi connectivity index (χ1v) is 21.7. The van der Waals surface area contributed by atoms with Crippen molar-refractivity contribution in [2.45, 2.75) is 227 Å². The van der Waals surface area contributed by atoms with Gasteiger partial charge >= 0.3 is 0 Å². The van der Waals surface area contributed by atoms with Crippen LogP contribution in [0.5, 0.6) is 0 Å². The van der Waals surface area contributed by atoms with Gasteiger partial charge in [0.05, 0.1) is 12.9 Å². The van der Waals surface area contributed by atoms with Gasteiger partial charge in [0.1, 0.15) is 0 Å². The van der Waals surface area contributed by atoms with E-state index in [1.165, 1.54) is 212 Å². The monoisotopic (exact) mass is 698 g/mol. The average molecular weight is 698 g/mol. The molecule has 0 amide bonds. The lowest BCUT2D eigenvalue weighted by molar-refractivity contribution is -0.122. The zero-order chi connectivity index (χ0) is 36.9. The number of hydrogen-bond acceptors (Lipinski definition) is 4. The molecule has 0 spiro atoms. The molecule has 3 N–H and O–H groups in total. The van der Waals surface area contributed by atoms with Crippen LogP contribution >= 0.6 is 0 Å². The summed E-state index contributed by atoms with van der Waals surface area (Å²) in [6.07, 6.45) is 45.0. The number of carboxylic acid groups (broad SMARTS) is 1. The Balaban J connectivity index is -0.00000326. The summed E-state index contributed by atoms with van der Waals surface area (Å²) in [6.45, 7) is 15.6. The molecule has 49 heavy (non-hydrogen) atoms. The Kier molecular flexibility index (Phi) is 52.3. The highest BCUT2D eigenvalue weighted by atomic mass is 16.3. The Morgan fingerprint density at radius 3 is 1.14 bits per heavy atom. The van der Waals surface area contributed by atoms with Crippen LogP contribution in [0.1, 0.15) is 227 Å². The van der Waals surface area contributed by atoms with E-state index in [2.05, 4.69) is 39.2 Å². The number of carbonyl (C=O) groups is 1. The van der Waals surface area contributed by atoms with Crippen LogP contribution in [0.3, 0.4) is 0 Å². The van der Waals surface area contributed by atoms with Crippen LogP contribution in [0.2, 0.25) is 0 Å². The second kappa shape index (κ2) is 49.0. The molecule has 0 rings (SSSR count). The predicted octanol–water partition coefficient (Wildman–Crippen LogP) is 14.1. The Morgan fingerprint density at radius 2 is 0.796 bits per heavy atom. The molecule has 0 fully saturated rings. The minimum atomic E-state index is -0.250. The van der Waals surface area contributed by atoms with Crippen molar-refractivity contribution in [3.8, 4) is 0 Å². The second-order valence-electron chi connectivity index (χ2n) is 14.9. The van der Waals surface area contributed by atoms with Crippen molar-refractivity contribution >= 4 is 6.47 Å². The molecule has 1 atom stereocenters. The van der Waals surface area contributed by atoms with E-state index in [9.17, 15) is 5.11 Å². The third-order valence-corrected chi connectivity index (χ3v) is 10.2. The van der Waals surface area contributed by atoms with Gasteiger partial charge in [-0.05, 0) is 37.8 Å². The van der Waals surface area contributed by atoms with E-state index in [0.29, 0.717) is 6.61 Å². The average Bonchev–Trinajstić information content (AvgIpc) is 3.09. The summed E-state index contributed by atoms with van der Waals surface area (Å²) in [7, 11) is 0. The van der Waals surface area contributed by atoms with Crippen LogP contribution in [0.4, 0.5) is 0 Å². The first-order chi connectivity index (χ1) is 24.0. The zero-order valence-electron chi connectivity index (χ0n) is 34.0. The summed E-state index contributed by atoms with van der Waals surface area (Å²) in [5.74, 6) is 1.82. The smallest absolute Gasteiger partial charge is 0.290 e. The minimum absolute atomic E-state index is 0.250. The normalized spacial score (nSPS) is 11.6. The molecule has 0 saturated carbocycles. The van der Waals surface area contributed by atoms with E-state index in [1.54, 1.807) is 0 Å². The molecule has 0 aromatic carbocycles. The van der Waals surface area contributed by atoms with Crippen LogP contribution in [0.15, 0.2) is 12.8 Å². The van der Waals surface area contributed by atoms with Crippen molar-refractivity contribution in [3.05, 3.63) is 12.8 Å². The molecule has 5 heteroatoms. The fraction of sp³-hybridized carbons (Fsp3) is 0.932. The lowest BCUT2D eigenvalue weighted by Crippen LogP contribution is -2.30. The standard InChI is InChI=1S/C41H85NO.C2H4O.CH2O2/c1-5-8-11-14-17-18-19-21-26-31-40(4)35-37-42(38-39-43)36-30-25-20-24-29-34-41(32-27-22-15-12-9-6-2)33-28-23-16-13-10-7-3;1-2-3;2-1-3/h40-41,43H,5-39H2,1-4H3;2-3H,1H2;1H,(H,2,3). The number of rotatable bonds is 37. The van der Waals surface area contributed by atoms with E-state index in [0.717, 1.165) is 24.6 Å². The molecule has 0 aromatic heterocycles. The Hall–Kier alpha value is -1.07. The zero-order valence-corrected chi connectivity index (χ0v) is 34.0. The highest BCUT2D eigenvalue weighted by Gasteiger charge is 2.10. The van der Waals surface area contributed by atoms with E-state index in [4.69, 9.17) is 15.0 Å². The molecule has 0 radical (unpaired) electrons. The number of nitrogens with zero attached hydrogens (tertiary/aromatic N) is 1. The molecule has 0 aliphatic heterocycles. The summed E-state index contributed by atoms with van der Waals surface area (Å²) in [4.78, 5) is 10.9. The van der Waals surface area contributed by atoms with Crippen LogP contribution in [0.25, 0.3) is 0 Å². The molecular formula is C44H91NO4. The summed E-state index contributed by atoms with van der Waals surface area (Å²) in [5.41, 5.74) is 0. The molecule has 0 saturated heterocycles. The second-order valence-corrected chi connectivity index (χ2v) is 14.9. The summed E-state index contributed by atoms with van der Waals surface area (Å²) < 4.78 is 0. The maximum absolute atomic E-state index is 9.61. The van der Waals surface area contributed by atoms with Crippen LogP contribution in [-0.2, 0) is 4.79 Å². The fourth-order valence-electron chi connectivity index (χ4n) is 6.99.